The summed E-state index contributed by atoms with van der Waals surface area (Å²) in [5.74, 6) is 0.312. The van der Waals surface area contributed by atoms with Crippen LogP contribution >= 0.6 is 11.8 Å². The maximum absolute atomic E-state index is 12.9. The van der Waals surface area contributed by atoms with Crippen molar-refractivity contribution in [1.82, 2.24) is 0 Å². The van der Waals surface area contributed by atoms with E-state index in [4.69, 9.17) is 4.74 Å². The summed E-state index contributed by atoms with van der Waals surface area (Å²) in [7, 11) is 0. The van der Waals surface area contributed by atoms with Crippen LogP contribution in [0.25, 0.3) is 0 Å². The number of ketones is 1. The molecule has 160 valence electrons. The maximum atomic E-state index is 12.9. The van der Waals surface area contributed by atoms with E-state index in [1.54, 1.807) is 36.0 Å². The zero-order valence-corrected chi connectivity index (χ0v) is 18.6. The first-order valence-electron chi connectivity index (χ1n) is 10.8. The van der Waals surface area contributed by atoms with E-state index in [9.17, 15) is 9.59 Å². The molecular formula is C27H23NO3S. The molecule has 0 saturated heterocycles. The van der Waals surface area contributed by atoms with Crippen molar-refractivity contribution in [1.29, 1.82) is 0 Å². The van der Waals surface area contributed by atoms with Crippen molar-refractivity contribution in [3.63, 3.8) is 0 Å². The zero-order chi connectivity index (χ0) is 22.1. The number of Topliss-reactive ketones (excluding diaryl/α,β-unsaturated/α-hetero) is 1. The molecule has 1 heterocycles. The minimum Gasteiger partial charge on any atom is -0.423 e. The monoisotopic (exact) mass is 441 g/mol. The molecule has 5 heteroatoms. The van der Waals surface area contributed by atoms with Crippen LogP contribution in [0.15, 0.2) is 89.0 Å². The van der Waals surface area contributed by atoms with Gasteiger partial charge in [-0.2, -0.15) is 0 Å². The highest BCUT2D eigenvalue weighted by molar-refractivity contribution is 8.00. The fourth-order valence-corrected chi connectivity index (χ4v) is 5.46. The Bertz CT molecular complexity index is 1210. The highest BCUT2D eigenvalue weighted by Crippen LogP contribution is 2.49. The summed E-state index contributed by atoms with van der Waals surface area (Å²) < 4.78 is 5.55. The number of para-hydroxylation sites is 1. The topological polar surface area (TPSA) is 55.4 Å². The third-order valence-electron chi connectivity index (χ3n) is 5.82. The van der Waals surface area contributed by atoms with Crippen molar-refractivity contribution in [2.45, 2.75) is 36.3 Å². The van der Waals surface area contributed by atoms with Crippen LogP contribution in [0.3, 0.4) is 0 Å². The minimum atomic E-state index is -0.382. The van der Waals surface area contributed by atoms with Gasteiger partial charge in [-0.05, 0) is 61.7 Å². The smallest absolute Gasteiger partial charge is 0.343 e. The first-order chi connectivity index (χ1) is 15.6. The Hall–Kier alpha value is -3.31. The number of carbonyl (C=O) groups is 2. The number of aryl methyl sites for hydroxylation is 1. The summed E-state index contributed by atoms with van der Waals surface area (Å²) >= 11 is 1.69. The van der Waals surface area contributed by atoms with Crippen molar-refractivity contribution >= 4 is 29.2 Å². The summed E-state index contributed by atoms with van der Waals surface area (Å²) in [5, 5.41) is 3.42. The van der Waals surface area contributed by atoms with E-state index in [2.05, 4.69) is 17.4 Å². The van der Waals surface area contributed by atoms with Crippen molar-refractivity contribution in [3.8, 4) is 5.75 Å². The molecule has 1 atom stereocenters. The lowest BCUT2D eigenvalue weighted by Crippen LogP contribution is -2.19. The van der Waals surface area contributed by atoms with Crippen LogP contribution in [-0.4, -0.2) is 11.8 Å². The predicted octanol–water partition coefficient (Wildman–Crippen LogP) is 6.48. The summed E-state index contributed by atoms with van der Waals surface area (Å²) in [4.78, 5) is 26.5. The number of esters is 1. The number of anilines is 1. The molecule has 3 aromatic rings. The maximum Gasteiger partial charge on any atom is 0.343 e. The normalized spacial score (nSPS) is 17.7. The summed E-state index contributed by atoms with van der Waals surface area (Å²) in [6, 6.07) is 23.0. The lowest BCUT2D eigenvalue weighted by Gasteiger charge is -2.24. The van der Waals surface area contributed by atoms with E-state index in [1.807, 2.05) is 43.3 Å². The predicted molar refractivity (Wildman–Crippen MR) is 127 cm³/mol. The van der Waals surface area contributed by atoms with Gasteiger partial charge in [0.1, 0.15) is 5.75 Å². The second-order valence-corrected chi connectivity index (χ2v) is 9.26. The van der Waals surface area contributed by atoms with Gasteiger partial charge < -0.3 is 10.1 Å². The van der Waals surface area contributed by atoms with Gasteiger partial charge in [0, 0.05) is 22.6 Å². The molecule has 5 rings (SSSR count). The van der Waals surface area contributed by atoms with Crippen molar-refractivity contribution in [3.05, 3.63) is 101 Å². The number of allylic oxidation sites excluding steroid dienone is 1. The quantitative estimate of drug-likeness (QED) is 0.372. The van der Waals surface area contributed by atoms with E-state index in [1.165, 1.54) is 0 Å². The summed E-state index contributed by atoms with van der Waals surface area (Å²) in [5.41, 5.74) is 5.57. The van der Waals surface area contributed by atoms with E-state index in [-0.39, 0.29) is 17.0 Å². The number of carbonyl (C=O) groups excluding carboxylic acids is 2. The molecule has 0 bridgehead atoms. The van der Waals surface area contributed by atoms with Crippen molar-refractivity contribution < 1.29 is 14.3 Å². The second kappa shape index (κ2) is 8.67. The number of thioether (sulfide) groups is 1. The molecule has 0 saturated carbocycles. The van der Waals surface area contributed by atoms with Crippen LogP contribution < -0.4 is 10.1 Å². The van der Waals surface area contributed by atoms with Crippen LogP contribution in [0, 0.1) is 6.92 Å². The fraction of sp³-hybridized carbons (Fsp3) is 0.185. The number of benzene rings is 3. The molecule has 0 radical (unpaired) electrons. The molecule has 0 fully saturated rings. The van der Waals surface area contributed by atoms with Crippen molar-refractivity contribution in [2.75, 3.05) is 5.32 Å². The van der Waals surface area contributed by atoms with Crippen LogP contribution in [0.5, 0.6) is 5.75 Å². The van der Waals surface area contributed by atoms with Crippen LogP contribution in [0.4, 0.5) is 5.69 Å². The Labute approximate surface area is 191 Å². The van der Waals surface area contributed by atoms with Crippen LogP contribution in [0.1, 0.15) is 46.0 Å². The standard InChI is InChI=1S/C27H23NO3S/c1-17-9-11-19(12-10-17)27(30)31-20-15-13-18(14-16-20)26-25-22(6-4-7-23(25)29)28-21-5-2-3-8-24(21)32-26/h2-3,5,8-16,26,28H,4,6-7H2,1H3/t26-/m0/s1. The van der Waals surface area contributed by atoms with Gasteiger partial charge in [-0.25, -0.2) is 4.79 Å². The number of rotatable bonds is 3. The molecule has 0 spiro atoms. The molecule has 1 aliphatic carbocycles. The lowest BCUT2D eigenvalue weighted by atomic mass is 9.89. The first kappa shape index (κ1) is 20.6. The molecule has 4 nitrogen and oxygen atoms in total. The Kier molecular flexibility index (Phi) is 5.58. The lowest BCUT2D eigenvalue weighted by molar-refractivity contribution is -0.116. The van der Waals surface area contributed by atoms with Gasteiger partial charge in [0.2, 0.25) is 0 Å². The van der Waals surface area contributed by atoms with E-state index >= 15 is 0 Å². The van der Waals surface area contributed by atoms with E-state index in [0.717, 1.165) is 45.8 Å². The Morgan fingerprint density at radius 3 is 2.50 bits per heavy atom. The zero-order valence-electron chi connectivity index (χ0n) is 17.8. The molecule has 1 N–H and O–H groups in total. The average molecular weight is 442 g/mol. The molecule has 2 aliphatic rings. The van der Waals surface area contributed by atoms with Gasteiger partial charge in [0.15, 0.2) is 5.78 Å². The highest BCUT2D eigenvalue weighted by Gasteiger charge is 2.32. The number of nitrogens with one attached hydrogen (secondary N) is 1. The fourth-order valence-electron chi connectivity index (χ4n) is 4.12. The molecule has 3 aromatic carbocycles. The molecule has 32 heavy (non-hydrogen) atoms. The molecular weight excluding hydrogens is 418 g/mol. The molecule has 1 aliphatic heterocycles. The van der Waals surface area contributed by atoms with Gasteiger partial charge >= 0.3 is 5.97 Å². The van der Waals surface area contributed by atoms with Gasteiger partial charge in [0.05, 0.1) is 16.5 Å². The average Bonchev–Trinajstić information content (AvgIpc) is 2.97. The SMILES string of the molecule is Cc1ccc(C(=O)Oc2ccc([C@@H]3Sc4ccccc4NC4=C3C(=O)CCC4)cc2)cc1. The van der Waals surface area contributed by atoms with Crippen LogP contribution in [-0.2, 0) is 4.79 Å². The molecule has 0 amide bonds. The van der Waals surface area contributed by atoms with Gasteiger partial charge in [-0.3, -0.25) is 4.79 Å². The summed E-state index contributed by atoms with van der Waals surface area (Å²) in [6.45, 7) is 1.98. The number of hydrogen-bond acceptors (Lipinski definition) is 5. The Morgan fingerprint density at radius 2 is 1.72 bits per heavy atom. The largest absolute Gasteiger partial charge is 0.423 e. The first-order valence-corrected chi connectivity index (χ1v) is 11.6. The Balaban J connectivity index is 1.43. The van der Waals surface area contributed by atoms with Crippen LogP contribution in [0.2, 0.25) is 0 Å². The van der Waals surface area contributed by atoms with Gasteiger partial charge in [-0.15, -0.1) is 11.8 Å². The number of ether oxygens (including phenoxy) is 1. The number of fused-ring (bicyclic) bond motifs is 1. The number of hydrogen-bond donors (Lipinski definition) is 1. The van der Waals surface area contributed by atoms with Crippen molar-refractivity contribution in [2.24, 2.45) is 0 Å². The summed E-state index contributed by atoms with van der Waals surface area (Å²) in [6.07, 6.45) is 2.33. The third kappa shape index (κ3) is 4.08. The highest BCUT2D eigenvalue weighted by atomic mass is 32.2. The minimum absolute atomic E-state index is 0.101. The van der Waals surface area contributed by atoms with Gasteiger partial charge in [-0.1, -0.05) is 42.0 Å². The molecule has 0 aromatic heterocycles. The van der Waals surface area contributed by atoms with E-state index < -0.39 is 0 Å². The third-order valence-corrected chi connectivity index (χ3v) is 7.17. The van der Waals surface area contributed by atoms with Gasteiger partial charge in [0.25, 0.3) is 0 Å². The second-order valence-electron chi connectivity index (χ2n) is 8.11. The molecule has 0 unspecified atom stereocenters. The van der Waals surface area contributed by atoms with E-state index in [0.29, 0.717) is 17.7 Å². The Morgan fingerprint density at radius 1 is 0.969 bits per heavy atom.